The van der Waals surface area contributed by atoms with Crippen molar-refractivity contribution in [3.8, 4) is 17.2 Å². The first-order valence-electron chi connectivity index (χ1n) is 10.2. The Kier molecular flexibility index (Phi) is 7.72. The Morgan fingerprint density at radius 3 is 2.10 bits per heavy atom. The number of rotatable bonds is 8. The van der Waals surface area contributed by atoms with Gasteiger partial charge in [-0.15, -0.1) is 0 Å². The predicted molar refractivity (Wildman–Crippen MR) is 117 cm³/mol. The Hall–Kier alpha value is -3.26. The molecule has 3 rings (SSSR count). The number of amides is 2. The summed E-state index contributed by atoms with van der Waals surface area (Å²) in [6, 6.07) is 12.8. The third-order valence-electron chi connectivity index (χ3n) is 5.31. The average Bonchev–Trinajstić information content (AvgIpc) is 2.82. The van der Waals surface area contributed by atoms with E-state index in [0.717, 1.165) is 5.56 Å². The second kappa shape index (κ2) is 10.7. The topological polar surface area (TPSA) is 80.3 Å². The molecule has 0 saturated carbocycles. The van der Waals surface area contributed by atoms with E-state index >= 15 is 0 Å². The molecule has 2 amide bonds. The molecule has 0 aromatic heterocycles. The lowest BCUT2D eigenvalue weighted by Crippen LogP contribution is -2.51. The van der Waals surface area contributed by atoms with Crippen LogP contribution in [0, 0.1) is 0 Å². The first-order valence-corrected chi connectivity index (χ1v) is 10.2. The third-order valence-corrected chi connectivity index (χ3v) is 5.31. The molecular formula is C23H29N3O5. The summed E-state index contributed by atoms with van der Waals surface area (Å²) in [6.45, 7) is 3.12. The molecule has 2 aromatic carbocycles. The molecule has 0 spiro atoms. The lowest BCUT2D eigenvalue weighted by Gasteiger charge is -2.34. The lowest BCUT2D eigenvalue weighted by atomic mass is 10.1. The number of nitrogens with one attached hydrogen (secondary N) is 1. The molecule has 1 heterocycles. The van der Waals surface area contributed by atoms with Crippen molar-refractivity contribution in [1.82, 2.24) is 15.1 Å². The zero-order valence-corrected chi connectivity index (χ0v) is 18.2. The fourth-order valence-corrected chi connectivity index (χ4v) is 3.56. The van der Waals surface area contributed by atoms with Crippen molar-refractivity contribution in [2.45, 2.75) is 6.54 Å². The molecule has 1 aliphatic rings. The van der Waals surface area contributed by atoms with Gasteiger partial charge in [0.25, 0.3) is 5.91 Å². The number of hydrogen-bond acceptors (Lipinski definition) is 6. The molecule has 0 aliphatic carbocycles. The largest absolute Gasteiger partial charge is 0.496 e. The van der Waals surface area contributed by atoms with Gasteiger partial charge >= 0.3 is 0 Å². The Balaban J connectivity index is 1.49. The van der Waals surface area contributed by atoms with Gasteiger partial charge in [-0.25, -0.2) is 0 Å². The Morgan fingerprint density at radius 1 is 0.871 bits per heavy atom. The van der Waals surface area contributed by atoms with Gasteiger partial charge in [0.05, 0.1) is 27.9 Å². The number of hydrogen-bond donors (Lipinski definition) is 1. The van der Waals surface area contributed by atoms with E-state index in [4.69, 9.17) is 14.2 Å². The third kappa shape index (κ3) is 5.67. The normalized spacial score (nSPS) is 14.1. The fourth-order valence-electron chi connectivity index (χ4n) is 3.56. The van der Waals surface area contributed by atoms with Crippen molar-refractivity contribution < 1.29 is 23.8 Å². The van der Waals surface area contributed by atoms with Gasteiger partial charge in [0.1, 0.15) is 5.75 Å². The minimum atomic E-state index is -0.0836. The number of carbonyl (C=O) groups excluding carboxylic acids is 2. The average molecular weight is 428 g/mol. The van der Waals surface area contributed by atoms with E-state index < -0.39 is 0 Å². The molecule has 1 aliphatic heterocycles. The van der Waals surface area contributed by atoms with Gasteiger partial charge in [-0.2, -0.15) is 0 Å². The number of nitrogens with zero attached hydrogens (tertiary/aromatic N) is 2. The van der Waals surface area contributed by atoms with Gasteiger partial charge in [-0.3, -0.25) is 14.5 Å². The maximum atomic E-state index is 12.5. The van der Waals surface area contributed by atoms with Gasteiger partial charge < -0.3 is 24.4 Å². The highest BCUT2D eigenvalue weighted by Crippen LogP contribution is 2.34. The minimum absolute atomic E-state index is 0.0326. The van der Waals surface area contributed by atoms with E-state index in [1.54, 1.807) is 33.5 Å². The summed E-state index contributed by atoms with van der Waals surface area (Å²) in [6.07, 6.45) is 0. The molecule has 8 nitrogen and oxygen atoms in total. The van der Waals surface area contributed by atoms with Crippen LogP contribution in [0.25, 0.3) is 0 Å². The van der Waals surface area contributed by atoms with Crippen LogP contribution >= 0.6 is 0 Å². The number of ether oxygens (including phenoxy) is 3. The van der Waals surface area contributed by atoms with Crippen molar-refractivity contribution >= 4 is 11.8 Å². The molecule has 0 atom stereocenters. The summed E-state index contributed by atoms with van der Waals surface area (Å²) in [4.78, 5) is 28.9. The highest BCUT2D eigenvalue weighted by Gasteiger charge is 2.23. The second-order valence-electron chi connectivity index (χ2n) is 7.23. The smallest absolute Gasteiger partial charge is 0.253 e. The van der Waals surface area contributed by atoms with Crippen LogP contribution in [0.5, 0.6) is 17.2 Å². The Bertz CT molecular complexity index is 896. The molecule has 2 aromatic rings. The van der Waals surface area contributed by atoms with Crippen molar-refractivity contribution in [2.24, 2.45) is 0 Å². The number of piperazine rings is 1. The number of carbonyl (C=O) groups is 2. The van der Waals surface area contributed by atoms with Crippen molar-refractivity contribution in [3.05, 3.63) is 53.6 Å². The SMILES string of the molecule is COc1cc(OC)c(OC)cc1CNC(=O)CN1CCN(C(=O)c2ccccc2)CC1. The van der Waals surface area contributed by atoms with Crippen LogP contribution in [0.15, 0.2) is 42.5 Å². The van der Waals surface area contributed by atoms with Gasteiger partial charge in [-0.05, 0) is 18.2 Å². The van der Waals surface area contributed by atoms with Crippen molar-refractivity contribution in [3.63, 3.8) is 0 Å². The Labute approximate surface area is 182 Å². The van der Waals surface area contributed by atoms with Gasteiger partial charge in [0, 0.05) is 49.9 Å². The lowest BCUT2D eigenvalue weighted by molar-refractivity contribution is -0.122. The second-order valence-corrected chi connectivity index (χ2v) is 7.23. The highest BCUT2D eigenvalue weighted by atomic mass is 16.5. The first-order chi connectivity index (χ1) is 15.0. The Morgan fingerprint density at radius 2 is 1.48 bits per heavy atom. The molecule has 1 N–H and O–H groups in total. The van der Waals surface area contributed by atoms with E-state index in [1.807, 2.05) is 35.2 Å². The van der Waals surface area contributed by atoms with Crippen LogP contribution in [0.1, 0.15) is 15.9 Å². The summed E-state index contributed by atoms with van der Waals surface area (Å²) in [7, 11) is 4.70. The molecule has 8 heteroatoms. The monoisotopic (exact) mass is 427 g/mol. The molecule has 0 bridgehead atoms. The van der Waals surface area contributed by atoms with E-state index in [2.05, 4.69) is 10.2 Å². The van der Waals surface area contributed by atoms with Gasteiger partial charge in [-0.1, -0.05) is 18.2 Å². The standard InChI is InChI=1S/C23H29N3O5/c1-29-19-14-21(31-3)20(30-2)13-18(19)15-24-22(27)16-25-9-11-26(12-10-25)23(28)17-7-5-4-6-8-17/h4-8,13-14H,9-12,15-16H2,1-3H3,(H,24,27). The molecule has 166 valence electrons. The quantitative estimate of drug-likeness (QED) is 0.692. The summed E-state index contributed by atoms with van der Waals surface area (Å²) in [5.41, 5.74) is 1.49. The zero-order valence-electron chi connectivity index (χ0n) is 18.2. The molecule has 0 unspecified atom stereocenters. The summed E-state index contributed by atoms with van der Waals surface area (Å²) >= 11 is 0. The van der Waals surface area contributed by atoms with Crippen molar-refractivity contribution in [2.75, 3.05) is 54.1 Å². The summed E-state index contributed by atoms with van der Waals surface area (Å²) in [5.74, 6) is 1.71. The number of methoxy groups -OCH3 is 3. The van der Waals surface area contributed by atoms with Crippen LogP contribution in [0.4, 0.5) is 0 Å². The predicted octanol–water partition coefficient (Wildman–Crippen LogP) is 1.79. The van der Waals surface area contributed by atoms with E-state index in [-0.39, 0.29) is 18.4 Å². The van der Waals surface area contributed by atoms with Crippen LogP contribution in [-0.4, -0.2) is 75.7 Å². The molecule has 1 saturated heterocycles. The van der Waals surface area contributed by atoms with Crippen LogP contribution in [0.2, 0.25) is 0 Å². The maximum absolute atomic E-state index is 12.5. The molecular weight excluding hydrogens is 398 g/mol. The zero-order chi connectivity index (χ0) is 22.2. The maximum Gasteiger partial charge on any atom is 0.253 e. The summed E-state index contributed by atoms with van der Waals surface area (Å²) in [5, 5.41) is 2.93. The van der Waals surface area contributed by atoms with Gasteiger partial charge in [0.2, 0.25) is 5.91 Å². The van der Waals surface area contributed by atoms with E-state index in [0.29, 0.717) is 55.5 Å². The fraction of sp³-hybridized carbons (Fsp3) is 0.391. The molecule has 0 radical (unpaired) electrons. The molecule has 1 fully saturated rings. The van der Waals surface area contributed by atoms with E-state index in [1.165, 1.54) is 0 Å². The van der Waals surface area contributed by atoms with E-state index in [9.17, 15) is 9.59 Å². The van der Waals surface area contributed by atoms with Crippen LogP contribution in [0.3, 0.4) is 0 Å². The number of benzene rings is 2. The molecule has 31 heavy (non-hydrogen) atoms. The first kappa shape index (κ1) is 22.4. The van der Waals surface area contributed by atoms with Gasteiger partial charge in [0.15, 0.2) is 11.5 Å². The van der Waals surface area contributed by atoms with Crippen LogP contribution < -0.4 is 19.5 Å². The summed E-state index contributed by atoms with van der Waals surface area (Å²) < 4.78 is 16.0. The van der Waals surface area contributed by atoms with Crippen molar-refractivity contribution in [1.29, 1.82) is 0 Å². The van der Waals surface area contributed by atoms with Crippen LogP contribution in [-0.2, 0) is 11.3 Å². The highest BCUT2D eigenvalue weighted by molar-refractivity contribution is 5.94. The minimum Gasteiger partial charge on any atom is -0.496 e.